The Balaban J connectivity index is 2.16. The Hall–Kier alpha value is -2.41. The number of non-ortho nitro benzene ring substituents is 1. The number of nitro groups is 1. The molecule has 0 aliphatic heterocycles. The summed E-state index contributed by atoms with van der Waals surface area (Å²) in [6.07, 6.45) is 1.59. The molecule has 7 nitrogen and oxygen atoms in total. The number of hydrogen-bond acceptors (Lipinski definition) is 4. The third-order valence-electron chi connectivity index (χ3n) is 3.31. The van der Waals surface area contributed by atoms with E-state index in [1.54, 1.807) is 27.0 Å². The van der Waals surface area contributed by atoms with Crippen LogP contribution in [-0.4, -0.2) is 20.6 Å². The molecule has 1 N–H and O–H groups in total. The van der Waals surface area contributed by atoms with Gasteiger partial charge in [-0.1, -0.05) is 11.6 Å². The van der Waals surface area contributed by atoms with E-state index in [0.29, 0.717) is 22.0 Å². The number of amides is 1. The average Bonchev–Trinajstić information content (AvgIpc) is 2.79. The first-order chi connectivity index (χ1) is 10.3. The van der Waals surface area contributed by atoms with Crippen molar-refractivity contribution in [3.8, 4) is 0 Å². The lowest BCUT2D eigenvalue weighted by Gasteiger charge is -2.14. The molecule has 1 aromatic carbocycles. The highest BCUT2D eigenvalue weighted by Crippen LogP contribution is 2.23. The molecule has 2 rings (SSSR count). The molecular weight excluding hydrogens is 308 g/mol. The van der Waals surface area contributed by atoms with Gasteiger partial charge < -0.3 is 5.32 Å². The summed E-state index contributed by atoms with van der Waals surface area (Å²) < 4.78 is 1.48. The highest BCUT2D eigenvalue weighted by Gasteiger charge is 2.18. The number of carbonyl (C=O) groups is 1. The van der Waals surface area contributed by atoms with Gasteiger partial charge in [-0.05, 0) is 32.4 Å². The second-order valence-electron chi connectivity index (χ2n) is 4.96. The number of nitrogens with zero attached hydrogens (tertiary/aromatic N) is 3. The van der Waals surface area contributed by atoms with Gasteiger partial charge in [0.05, 0.1) is 15.6 Å². The zero-order valence-electron chi connectivity index (χ0n) is 12.3. The van der Waals surface area contributed by atoms with Crippen molar-refractivity contribution in [2.75, 3.05) is 5.32 Å². The van der Waals surface area contributed by atoms with Crippen LogP contribution < -0.4 is 5.32 Å². The molecule has 1 aromatic heterocycles. The van der Waals surface area contributed by atoms with Crippen LogP contribution in [0.15, 0.2) is 24.4 Å². The molecule has 8 heteroatoms. The smallest absolute Gasteiger partial charge is 0.269 e. The van der Waals surface area contributed by atoms with Gasteiger partial charge in [-0.15, -0.1) is 0 Å². The maximum atomic E-state index is 12.3. The average molecular weight is 323 g/mol. The zero-order chi connectivity index (χ0) is 16.4. The Morgan fingerprint density at radius 1 is 1.45 bits per heavy atom. The molecular formula is C14H15ClN4O3. The molecule has 1 atom stereocenters. The van der Waals surface area contributed by atoms with Crippen LogP contribution in [0.25, 0.3) is 0 Å². The van der Waals surface area contributed by atoms with Crippen molar-refractivity contribution in [3.05, 3.63) is 50.8 Å². The Labute approximate surface area is 132 Å². The predicted molar refractivity (Wildman–Crippen MR) is 83.1 cm³/mol. The standard InChI is InChI=1S/C14H15ClN4O3/c1-8-6-11(19(21)22)4-5-13(8)16-14(20)10(3)18-7-12(15)9(2)17-18/h4-7,10H,1-3H3,(H,16,20). The van der Waals surface area contributed by atoms with Crippen molar-refractivity contribution < 1.29 is 9.72 Å². The molecule has 0 saturated heterocycles. The lowest BCUT2D eigenvalue weighted by Crippen LogP contribution is -2.24. The van der Waals surface area contributed by atoms with Crippen LogP contribution in [0.4, 0.5) is 11.4 Å². The number of halogens is 1. The molecule has 1 amide bonds. The number of aryl methyl sites for hydroxylation is 2. The van der Waals surface area contributed by atoms with E-state index in [1.807, 2.05) is 0 Å². The lowest BCUT2D eigenvalue weighted by molar-refractivity contribution is -0.384. The highest BCUT2D eigenvalue weighted by molar-refractivity contribution is 6.31. The number of nitrogens with one attached hydrogen (secondary N) is 1. The first-order valence-corrected chi connectivity index (χ1v) is 6.94. The monoisotopic (exact) mass is 322 g/mol. The van der Waals surface area contributed by atoms with Gasteiger partial charge in [-0.25, -0.2) is 0 Å². The summed E-state index contributed by atoms with van der Waals surface area (Å²) in [4.78, 5) is 22.5. The van der Waals surface area contributed by atoms with Gasteiger partial charge in [-0.3, -0.25) is 19.6 Å². The number of rotatable bonds is 4. The van der Waals surface area contributed by atoms with Crippen molar-refractivity contribution in [1.82, 2.24) is 9.78 Å². The van der Waals surface area contributed by atoms with Gasteiger partial charge in [0.25, 0.3) is 5.69 Å². The highest BCUT2D eigenvalue weighted by atomic mass is 35.5. The third kappa shape index (κ3) is 3.25. The summed E-state index contributed by atoms with van der Waals surface area (Å²) in [5.41, 5.74) is 1.77. The molecule has 0 bridgehead atoms. The summed E-state index contributed by atoms with van der Waals surface area (Å²) in [7, 11) is 0. The molecule has 1 unspecified atom stereocenters. The zero-order valence-corrected chi connectivity index (χ0v) is 13.1. The van der Waals surface area contributed by atoms with Gasteiger partial charge in [0, 0.05) is 24.0 Å². The first kappa shape index (κ1) is 16.0. The predicted octanol–water partition coefficient (Wildman–Crippen LogP) is 3.26. The van der Waals surface area contributed by atoms with Crippen LogP contribution in [0.2, 0.25) is 5.02 Å². The first-order valence-electron chi connectivity index (χ1n) is 6.56. The number of anilines is 1. The Morgan fingerprint density at radius 2 is 2.14 bits per heavy atom. The third-order valence-corrected chi connectivity index (χ3v) is 3.68. The quantitative estimate of drug-likeness (QED) is 0.691. The number of carbonyl (C=O) groups excluding carboxylic acids is 1. The molecule has 0 spiro atoms. The topological polar surface area (TPSA) is 90.1 Å². The van der Waals surface area contributed by atoms with Crippen LogP contribution in [0.1, 0.15) is 24.2 Å². The van der Waals surface area contributed by atoms with Crippen LogP contribution in [0.3, 0.4) is 0 Å². The molecule has 0 radical (unpaired) electrons. The molecule has 116 valence electrons. The fourth-order valence-electron chi connectivity index (χ4n) is 1.92. The van der Waals surface area contributed by atoms with E-state index < -0.39 is 11.0 Å². The molecule has 22 heavy (non-hydrogen) atoms. The summed E-state index contributed by atoms with van der Waals surface area (Å²) >= 11 is 5.93. The summed E-state index contributed by atoms with van der Waals surface area (Å²) in [6, 6.07) is 3.72. The van der Waals surface area contributed by atoms with E-state index >= 15 is 0 Å². The Bertz CT molecular complexity index is 722. The maximum absolute atomic E-state index is 12.3. The van der Waals surface area contributed by atoms with Crippen molar-refractivity contribution in [1.29, 1.82) is 0 Å². The number of benzene rings is 1. The van der Waals surface area contributed by atoms with E-state index in [9.17, 15) is 14.9 Å². The minimum absolute atomic E-state index is 0.0157. The van der Waals surface area contributed by atoms with Gasteiger partial charge in [-0.2, -0.15) is 5.10 Å². The number of nitro benzene ring substituents is 1. The molecule has 0 fully saturated rings. The minimum atomic E-state index is -0.555. The lowest BCUT2D eigenvalue weighted by atomic mass is 10.1. The molecule has 2 aromatic rings. The Kier molecular flexibility index (Phi) is 4.46. The maximum Gasteiger partial charge on any atom is 0.269 e. The Morgan fingerprint density at radius 3 is 2.64 bits per heavy atom. The summed E-state index contributed by atoms with van der Waals surface area (Å²) in [5.74, 6) is -0.281. The van der Waals surface area contributed by atoms with Crippen molar-refractivity contribution >= 4 is 28.9 Å². The van der Waals surface area contributed by atoms with E-state index in [1.165, 1.54) is 22.9 Å². The minimum Gasteiger partial charge on any atom is -0.324 e. The van der Waals surface area contributed by atoms with Crippen LogP contribution in [0.5, 0.6) is 0 Å². The molecule has 0 saturated carbocycles. The number of hydrogen-bond donors (Lipinski definition) is 1. The van der Waals surface area contributed by atoms with E-state index in [-0.39, 0.29) is 11.6 Å². The van der Waals surface area contributed by atoms with E-state index in [0.717, 1.165) is 0 Å². The largest absolute Gasteiger partial charge is 0.324 e. The van der Waals surface area contributed by atoms with Crippen LogP contribution in [-0.2, 0) is 4.79 Å². The van der Waals surface area contributed by atoms with Crippen LogP contribution in [0, 0.1) is 24.0 Å². The molecule has 1 heterocycles. The van der Waals surface area contributed by atoms with Crippen molar-refractivity contribution in [2.24, 2.45) is 0 Å². The normalized spacial score (nSPS) is 12.0. The molecule has 0 aliphatic rings. The SMILES string of the molecule is Cc1cc([N+](=O)[O-])ccc1NC(=O)C(C)n1cc(Cl)c(C)n1. The van der Waals surface area contributed by atoms with Gasteiger partial charge in [0.15, 0.2) is 0 Å². The summed E-state index contributed by atoms with van der Waals surface area (Å²) in [6.45, 7) is 5.14. The number of aromatic nitrogens is 2. The van der Waals surface area contributed by atoms with Gasteiger partial charge in [0.1, 0.15) is 6.04 Å². The fourth-order valence-corrected chi connectivity index (χ4v) is 2.05. The second kappa shape index (κ2) is 6.15. The molecule has 0 aliphatic carbocycles. The van der Waals surface area contributed by atoms with Gasteiger partial charge in [0.2, 0.25) is 5.91 Å². The van der Waals surface area contributed by atoms with Crippen LogP contribution >= 0.6 is 11.6 Å². The van der Waals surface area contributed by atoms with Crippen molar-refractivity contribution in [3.63, 3.8) is 0 Å². The fraction of sp³-hybridized carbons (Fsp3) is 0.286. The van der Waals surface area contributed by atoms with Gasteiger partial charge >= 0.3 is 0 Å². The van der Waals surface area contributed by atoms with Crippen molar-refractivity contribution in [2.45, 2.75) is 26.8 Å². The summed E-state index contributed by atoms with van der Waals surface area (Å²) in [5, 5.41) is 18.1. The van der Waals surface area contributed by atoms with E-state index in [2.05, 4.69) is 10.4 Å². The van der Waals surface area contributed by atoms with E-state index in [4.69, 9.17) is 11.6 Å². The second-order valence-corrected chi connectivity index (χ2v) is 5.37.